The quantitative estimate of drug-likeness (QED) is 0.418. The molecule has 3 rings (SSSR count). The average Bonchev–Trinajstić information content (AvgIpc) is 3.21. The van der Waals surface area contributed by atoms with Crippen LogP contribution in [0.5, 0.6) is 0 Å². The summed E-state index contributed by atoms with van der Waals surface area (Å²) in [6.07, 6.45) is 1.76. The maximum absolute atomic E-state index is 9.36. The highest BCUT2D eigenvalue weighted by atomic mass is 16.5. The van der Waals surface area contributed by atoms with Crippen molar-refractivity contribution in [3.63, 3.8) is 0 Å². The summed E-state index contributed by atoms with van der Waals surface area (Å²) in [6, 6.07) is 10.7. The zero-order chi connectivity index (χ0) is 20.4. The van der Waals surface area contributed by atoms with Crippen LogP contribution in [-0.4, -0.2) is 93.5 Å². The number of ether oxygens (including phenoxy) is 1. The molecule has 3 N–H and O–H groups in total. The Morgan fingerprint density at radius 1 is 1.14 bits per heavy atom. The van der Waals surface area contributed by atoms with Gasteiger partial charge in [-0.05, 0) is 18.4 Å². The van der Waals surface area contributed by atoms with E-state index in [-0.39, 0.29) is 12.0 Å². The number of nitrogens with zero attached hydrogens (tertiary/aromatic N) is 3. The van der Waals surface area contributed by atoms with Gasteiger partial charge in [-0.2, -0.15) is 0 Å². The summed E-state index contributed by atoms with van der Waals surface area (Å²) >= 11 is 0. The fraction of sp³-hybridized carbons (Fsp3) is 0.682. The molecule has 0 aromatic heterocycles. The average molecular weight is 404 g/mol. The first kappa shape index (κ1) is 22.0. The van der Waals surface area contributed by atoms with E-state index in [0.29, 0.717) is 6.61 Å². The van der Waals surface area contributed by atoms with E-state index in [9.17, 15) is 5.11 Å². The van der Waals surface area contributed by atoms with Crippen LogP contribution in [0.1, 0.15) is 18.4 Å². The zero-order valence-electron chi connectivity index (χ0n) is 17.8. The molecule has 0 spiro atoms. The fourth-order valence-electron chi connectivity index (χ4n) is 4.15. The highest BCUT2D eigenvalue weighted by molar-refractivity contribution is 5.79. The maximum atomic E-state index is 9.36. The van der Waals surface area contributed by atoms with E-state index < -0.39 is 0 Å². The number of hydrogen-bond donors (Lipinski definition) is 3. The molecule has 1 aromatic carbocycles. The standard InChI is InChI=1S/C22H37N5O2/c1-23-21(25-18-22(7-15-28)8-16-29-19-22)24-9-10-26-11-13-27(14-12-26)17-20-5-3-2-4-6-20/h2-6,28H,7-19H2,1H3,(H2,23,24,25). The van der Waals surface area contributed by atoms with Crippen LogP contribution in [-0.2, 0) is 11.3 Å². The van der Waals surface area contributed by atoms with Crippen molar-refractivity contribution in [2.75, 3.05) is 72.7 Å². The van der Waals surface area contributed by atoms with Crippen molar-refractivity contribution >= 4 is 5.96 Å². The van der Waals surface area contributed by atoms with Crippen molar-refractivity contribution in [2.24, 2.45) is 10.4 Å². The number of aliphatic hydroxyl groups is 1. The van der Waals surface area contributed by atoms with Gasteiger partial charge in [0.2, 0.25) is 0 Å². The van der Waals surface area contributed by atoms with Gasteiger partial charge in [-0.25, -0.2) is 0 Å². The Morgan fingerprint density at radius 2 is 1.90 bits per heavy atom. The summed E-state index contributed by atoms with van der Waals surface area (Å²) in [7, 11) is 1.81. The van der Waals surface area contributed by atoms with E-state index in [0.717, 1.165) is 77.8 Å². The molecule has 1 unspecified atom stereocenters. The highest BCUT2D eigenvalue weighted by Crippen LogP contribution is 2.31. The smallest absolute Gasteiger partial charge is 0.191 e. The third kappa shape index (κ3) is 6.96. The Labute approximate surface area is 175 Å². The SMILES string of the molecule is CN=C(NCCN1CCN(Cc2ccccc2)CC1)NCC1(CCO)CCOC1. The molecule has 0 amide bonds. The van der Waals surface area contributed by atoms with E-state index in [4.69, 9.17) is 4.74 Å². The maximum Gasteiger partial charge on any atom is 0.191 e. The molecule has 7 heteroatoms. The fourth-order valence-corrected chi connectivity index (χ4v) is 4.15. The highest BCUT2D eigenvalue weighted by Gasteiger charge is 2.34. The van der Waals surface area contributed by atoms with Crippen LogP contribution in [0.3, 0.4) is 0 Å². The summed E-state index contributed by atoms with van der Waals surface area (Å²) in [5.74, 6) is 0.830. The van der Waals surface area contributed by atoms with Gasteiger partial charge >= 0.3 is 0 Å². The Kier molecular flexibility index (Phi) is 8.73. The van der Waals surface area contributed by atoms with Gasteiger partial charge in [0, 0.05) is 78.0 Å². The van der Waals surface area contributed by atoms with Gasteiger partial charge in [0.25, 0.3) is 0 Å². The van der Waals surface area contributed by atoms with Gasteiger partial charge in [-0.3, -0.25) is 14.8 Å². The third-order valence-electron chi connectivity index (χ3n) is 6.12. The summed E-state index contributed by atoms with van der Waals surface area (Å²) < 4.78 is 5.56. The van der Waals surface area contributed by atoms with E-state index in [1.807, 2.05) is 7.05 Å². The molecule has 2 aliphatic rings. The van der Waals surface area contributed by atoms with Crippen LogP contribution in [0, 0.1) is 5.41 Å². The molecular formula is C22H37N5O2. The van der Waals surface area contributed by atoms with Crippen LogP contribution in [0.2, 0.25) is 0 Å². The largest absolute Gasteiger partial charge is 0.396 e. The topological polar surface area (TPSA) is 72.4 Å². The number of rotatable bonds is 9. The minimum Gasteiger partial charge on any atom is -0.396 e. The van der Waals surface area contributed by atoms with Crippen molar-refractivity contribution in [2.45, 2.75) is 19.4 Å². The van der Waals surface area contributed by atoms with Gasteiger partial charge < -0.3 is 20.5 Å². The van der Waals surface area contributed by atoms with E-state index in [1.54, 1.807) is 0 Å². The van der Waals surface area contributed by atoms with Gasteiger partial charge in [0.05, 0.1) is 6.61 Å². The van der Waals surface area contributed by atoms with Crippen LogP contribution >= 0.6 is 0 Å². The predicted octanol–water partition coefficient (Wildman–Crippen LogP) is 0.758. The summed E-state index contributed by atoms with van der Waals surface area (Å²) in [6.45, 7) is 9.87. The first-order valence-corrected chi connectivity index (χ1v) is 10.8. The number of benzene rings is 1. The molecule has 2 aliphatic heterocycles. The first-order chi connectivity index (χ1) is 14.2. The van der Waals surface area contributed by atoms with Crippen molar-refractivity contribution in [3.8, 4) is 0 Å². The second-order valence-electron chi connectivity index (χ2n) is 8.23. The molecule has 7 nitrogen and oxygen atoms in total. The van der Waals surface area contributed by atoms with Crippen molar-refractivity contribution < 1.29 is 9.84 Å². The van der Waals surface area contributed by atoms with Crippen molar-refractivity contribution in [3.05, 3.63) is 35.9 Å². The lowest BCUT2D eigenvalue weighted by molar-refractivity contribution is 0.127. The number of piperazine rings is 1. The summed E-state index contributed by atoms with van der Waals surface area (Å²) in [5.41, 5.74) is 1.42. The van der Waals surface area contributed by atoms with Crippen LogP contribution in [0.15, 0.2) is 35.3 Å². The second-order valence-corrected chi connectivity index (χ2v) is 8.23. The van der Waals surface area contributed by atoms with E-state index in [2.05, 4.69) is 55.8 Å². The Hall–Kier alpha value is -1.67. The van der Waals surface area contributed by atoms with Crippen LogP contribution < -0.4 is 10.6 Å². The molecule has 0 radical (unpaired) electrons. The Bertz CT molecular complexity index is 611. The molecule has 2 heterocycles. The van der Waals surface area contributed by atoms with Gasteiger partial charge in [0.1, 0.15) is 0 Å². The molecule has 2 fully saturated rings. The lowest BCUT2D eigenvalue weighted by atomic mass is 9.84. The zero-order valence-corrected chi connectivity index (χ0v) is 17.8. The summed E-state index contributed by atoms with van der Waals surface area (Å²) in [4.78, 5) is 9.39. The second kappa shape index (κ2) is 11.5. The number of guanidine groups is 1. The predicted molar refractivity (Wildman–Crippen MR) is 117 cm³/mol. The lowest BCUT2D eigenvalue weighted by Gasteiger charge is -2.35. The van der Waals surface area contributed by atoms with Crippen LogP contribution in [0.25, 0.3) is 0 Å². The molecule has 2 saturated heterocycles. The molecule has 0 bridgehead atoms. The number of aliphatic hydroxyl groups excluding tert-OH is 1. The Balaban J connectivity index is 1.32. The lowest BCUT2D eigenvalue weighted by Crippen LogP contribution is -2.49. The normalized spacial score (nSPS) is 24.0. The summed E-state index contributed by atoms with van der Waals surface area (Å²) in [5, 5.41) is 16.2. The molecule has 162 valence electrons. The molecule has 1 atom stereocenters. The monoisotopic (exact) mass is 403 g/mol. The van der Waals surface area contributed by atoms with Crippen molar-refractivity contribution in [1.29, 1.82) is 0 Å². The van der Waals surface area contributed by atoms with Crippen molar-refractivity contribution in [1.82, 2.24) is 20.4 Å². The molecule has 0 aliphatic carbocycles. The van der Waals surface area contributed by atoms with Gasteiger partial charge in [-0.15, -0.1) is 0 Å². The van der Waals surface area contributed by atoms with E-state index in [1.165, 1.54) is 5.56 Å². The van der Waals surface area contributed by atoms with E-state index >= 15 is 0 Å². The number of nitrogens with one attached hydrogen (secondary N) is 2. The molecular weight excluding hydrogens is 366 g/mol. The minimum atomic E-state index is 0.0292. The van der Waals surface area contributed by atoms with Crippen LogP contribution in [0.4, 0.5) is 0 Å². The first-order valence-electron chi connectivity index (χ1n) is 10.8. The van der Waals surface area contributed by atoms with Gasteiger partial charge in [0.15, 0.2) is 5.96 Å². The Morgan fingerprint density at radius 3 is 2.55 bits per heavy atom. The molecule has 29 heavy (non-hydrogen) atoms. The third-order valence-corrected chi connectivity index (χ3v) is 6.12. The number of aliphatic imine (C=N–C) groups is 1. The molecule has 1 aromatic rings. The van der Waals surface area contributed by atoms with Gasteiger partial charge in [-0.1, -0.05) is 30.3 Å². The number of hydrogen-bond acceptors (Lipinski definition) is 5. The molecule has 0 saturated carbocycles. The minimum absolute atomic E-state index is 0.0292.